The van der Waals surface area contributed by atoms with Crippen LogP contribution in [0.2, 0.25) is 0 Å². The van der Waals surface area contributed by atoms with Crippen LogP contribution in [0.4, 0.5) is 0 Å². The van der Waals surface area contributed by atoms with Crippen molar-refractivity contribution < 1.29 is 14.5 Å². The van der Waals surface area contributed by atoms with Crippen molar-refractivity contribution in [3.8, 4) is 0 Å². The lowest BCUT2D eigenvalue weighted by atomic mass is 10.0. The van der Waals surface area contributed by atoms with Crippen LogP contribution in [0, 0.1) is 5.92 Å². The molecule has 1 aliphatic heterocycles. The number of hydrogen-bond donors (Lipinski definition) is 1. The summed E-state index contributed by atoms with van der Waals surface area (Å²) < 4.78 is 3.25. The van der Waals surface area contributed by atoms with E-state index in [2.05, 4.69) is 24.5 Å². The molecule has 0 aromatic heterocycles. The summed E-state index contributed by atoms with van der Waals surface area (Å²) in [4.78, 5) is 10.6. The van der Waals surface area contributed by atoms with Gasteiger partial charge in [-0.2, -0.15) is 0 Å². The Hall–Kier alpha value is -0.420. The van der Waals surface area contributed by atoms with Gasteiger partial charge in [0.15, 0.2) is 5.71 Å². The van der Waals surface area contributed by atoms with Gasteiger partial charge in [0.2, 0.25) is 0 Å². The number of carboxylic acid groups (broad SMARTS) is 1. The average Bonchev–Trinajstić information content (AvgIpc) is 2.25. The normalized spacial score (nSPS) is 20.4. The maximum absolute atomic E-state index is 10.6. The summed E-state index contributed by atoms with van der Waals surface area (Å²) in [6.07, 6.45) is 3.18. The molecular formula is C12H20NO2S2+. The minimum absolute atomic E-state index is 0.143. The quantitative estimate of drug-likeness (QED) is 0.800. The second kappa shape index (κ2) is 6.50. The van der Waals surface area contributed by atoms with Crippen molar-refractivity contribution in [1.29, 1.82) is 0 Å². The maximum Gasteiger partial charge on any atom is 0.313 e. The van der Waals surface area contributed by atoms with E-state index in [0.29, 0.717) is 11.2 Å². The first kappa shape index (κ1) is 14.6. The van der Waals surface area contributed by atoms with Crippen molar-refractivity contribution in [1.82, 2.24) is 0 Å². The third-order valence-electron chi connectivity index (χ3n) is 2.62. The van der Waals surface area contributed by atoms with E-state index < -0.39 is 5.97 Å². The number of carboxylic acids is 1. The fraction of sp³-hybridized carbons (Fsp3) is 0.667. The smallest absolute Gasteiger partial charge is 0.313 e. The third-order valence-corrected chi connectivity index (χ3v) is 5.42. The zero-order valence-electron chi connectivity index (χ0n) is 10.8. The van der Waals surface area contributed by atoms with Gasteiger partial charge in [-0.3, -0.25) is 4.79 Å². The van der Waals surface area contributed by atoms with E-state index in [4.69, 9.17) is 5.11 Å². The summed E-state index contributed by atoms with van der Waals surface area (Å²) >= 11 is 3.24. The molecule has 3 nitrogen and oxygen atoms in total. The maximum atomic E-state index is 10.6. The fourth-order valence-corrected chi connectivity index (χ4v) is 3.85. The summed E-state index contributed by atoms with van der Waals surface area (Å²) in [6, 6.07) is 0. The van der Waals surface area contributed by atoms with E-state index in [9.17, 15) is 4.79 Å². The SMILES string of the molecule is CC(C)C1CC(=[N+](C)C)C=C(SCC(=O)O)S1. The second-order valence-electron chi connectivity index (χ2n) is 4.64. The lowest BCUT2D eigenvalue weighted by Gasteiger charge is -2.24. The number of carbonyl (C=O) groups is 1. The highest BCUT2D eigenvalue weighted by Gasteiger charge is 2.26. The molecule has 0 amide bonds. The predicted octanol–water partition coefficient (Wildman–Crippen LogP) is 2.52. The molecule has 96 valence electrons. The zero-order valence-corrected chi connectivity index (χ0v) is 12.4. The Morgan fingerprint density at radius 3 is 2.76 bits per heavy atom. The Bertz CT molecular complexity index is 358. The second-order valence-corrected chi connectivity index (χ2v) is 7.19. The molecule has 0 radical (unpaired) electrons. The molecule has 0 spiro atoms. The van der Waals surface area contributed by atoms with E-state index in [1.807, 2.05) is 25.9 Å². The van der Waals surface area contributed by atoms with Gasteiger partial charge in [-0.15, -0.1) is 23.5 Å². The van der Waals surface area contributed by atoms with Crippen molar-refractivity contribution >= 4 is 35.2 Å². The van der Waals surface area contributed by atoms with Crippen LogP contribution < -0.4 is 0 Å². The van der Waals surface area contributed by atoms with E-state index in [1.165, 1.54) is 17.5 Å². The molecule has 1 atom stereocenters. The van der Waals surface area contributed by atoms with Gasteiger partial charge in [0.1, 0.15) is 14.1 Å². The molecule has 1 aliphatic rings. The molecule has 1 heterocycles. The molecular weight excluding hydrogens is 254 g/mol. The lowest BCUT2D eigenvalue weighted by Crippen LogP contribution is -2.24. The molecule has 5 heteroatoms. The monoisotopic (exact) mass is 274 g/mol. The number of thioether (sulfide) groups is 2. The summed E-state index contributed by atoms with van der Waals surface area (Å²) in [5.41, 5.74) is 1.29. The average molecular weight is 274 g/mol. The summed E-state index contributed by atoms with van der Waals surface area (Å²) in [5, 5.41) is 9.27. The van der Waals surface area contributed by atoms with Crippen LogP contribution in [-0.4, -0.2) is 46.5 Å². The number of allylic oxidation sites excluding steroid dienone is 1. The van der Waals surface area contributed by atoms with E-state index in [0.717, 1.165) is 10.7 Å². The van der Waals surface area contributed by atoms with E-state index >= 15 is 0 Å². The molecule has 0 bridgehead atoms. The molecule has 0 saturated heterocycles. The van der Waals surface area contributed by atoms with Crippen LogP contribution >= 0.6 is 23.5 Å². The zero-order chi connectivity index (χ0) is 13.0. The Balaban J connectivity index is 2.80. The highest BCUT2D eigenvalue weighted by atomic mass is 32.2. The Morgan fingerprint density at radius 2 is 2.29 bits per heavy atom. The van der Waals surface area contributed by atoms with Gasteiger partial charge in [-0.1, -0.05) is 13.8 Å². The number of rotatable bonds is 4. The van der Waals surface area contributed by atoms with Gasteiger partial charge in [-0.05, 0) is 5.92 Å². The highest BCUT2D eigenvalue weighted by molar-refractivity contribution is 8.22. The highest BCUT2D eigenvalue weighted by Crippen LogP contribution is 2.40. The van der Waals surface area contributed by atoms with Gasteiger partial charge < -0.3 is 5.11 Å². The third kappa shape index (κ3) is 4.76. The lowest BCUT2D eigenvalue weighted by molar-refractivity contribution is -0.464. The Kier molecular flexibility index (Phi) is 5.59. The largest absolute Gasteiger partial charge is 0.481 e. The minimum atomic E-state index is -0.755. The van der Waals surface area contributed by atoms with Crippen LogP contribution in [-0.2, 0) is 4.79 Å². The molecule has 1 N–H and O–H groups in total. The molecule has 1 unspecified atom stereocenters. The summed E-state index contributed by atoms with van der Waals surface area (Å²) in [6.45, 7) is 4.44. The van der Waals surface area contributed by atoms with Gasteiger partial charge >= 0.3 is 5.97 Å². The van der Waals surface area contributed by atoms with Crippen LogP contribution in [0.5, 0.6) is 0 Å². The van der Waals surface area contributed by atoms with Crippen molar-refractivity contribution in [2.45, 2.75) is 25.5 Å². The van der Waals surface area contributed by atoms with Crippen LogP contribution in [0.3, 0.4) is 0 Å². The molecule has 0 aromatic carbocycles. The van der Waals surface area contributed by atoms with Crippen molar-refractivity contribution in [2.75, 3.05) is 19.8 Å². The molecule has 17 heavy (non-hydrogen) atoms. The van der Waals surface area contributed by atoms with Crippen LogP contribution in [0.15, 0.2) is 10.3 Å². The topological polar surface area (TPSA) is 40.3 Å². The van der Waals surface area contributed by atoms with Gasteiger partial charge in [-0.25, -0.2) is 4.58 Å². The van der Waals surface area contributed by atoms with Crippen LogP contribution in [0.25, 0.3) is 0 Å². The molecule has 0 aliphatic carbocycles. The molecule has 0 saturated carbocycles. The first-order valence-electron chi connectivity index (χ1n) is 5.66. The molecule has 1 rings (SSSR count). The Labute approximate surface area is 111 Å². The number of hydrogen-bond acceptors (Lipinski definition) is 3. The van der Waals surface area contributed by atoms with Crippen molar-refractivity contribution in [3.05, 3.63) is 10.3 Å². The Morgan fingerprint density at radius 1 is 1.65 bits per heavy atom. The van der Waals surface area contributed by atoms with Crippen molar-refractivity contribution in [3.63, 3.8) is 0 Å². The van der Waals surface area contributed by atoms with Crippen molar-refractivity contribution in [2.24, 2.45) is 5.92 Å². The fourth-order valence-electron chi connectivity index (χ4n) is 1.52. The van der Waals surface area contributed by atoms with E-state index in [1.54, 1.807) is 0 Å². The summed E-state index contributed by atoms with van der Waals surface area (Å²) in [5.74, 6) is -0.0108. The van der Waals surface area contributed by atoms with E-state index in [-0.39, 0.29) is 5.75 Å². The molecule has 0 aromatic rings. The van der Waals surface area contributed by atoms with Gasteiger partial charge in [0.25, 0.3) is 0 Å². The van der Waals surface area contributed by atoms with Gasteiger partial charge in [0.05, 0.1) is 5.75 Å². The summed E-state index contributed by atoms with van der Waals surface area (Å²) in [7, 11) is 4.08. The standard InChI is InChI=1S/C12H19NO2S2/c1-8(2)10-5-9(13(3)4)6-12(17-10)16-7-11(14)15/h6,8,10H,5,7H2,1-4H3/p+1. The predicted molar refractivity (Wildman–Crippen MR) is 76.1 cm³/mol. The van der Waals surface area contributed by atoms with Crippen LogP contribution in [0.1, 0.15) is 20.3 Å². The van der Waals surface area contributed by atoms with Gasteiger partial charge in [0, 0.05) is 22.0 Å². The number of aliphatic carboxylic acids is 1. The number of nitrogens with zero attached hydrogens (tertiary/aromatic N) is 1. The minimum Gasteiger partial charge on any atom is -0.481 e. The molecule has 0 fully saturated rings. The first-order valence-corrected chi connectivity index (χ1v) is 7.52. The first-order chi connectivity index (χ1) is 7.90.